The first-order chi connectivity index (χ1) is 28.3. The Balaban J connectivity index is 1.23. The lowest BCUT2D eigenvalue weighted by Gasteiger charge is -2.28. The van der Waals surface area contributed by atoms with E-state index in [1.807, 2.05) is 61.2 Å². The number of Topliss-reactive ketones (excluding diaryl/α,β-unsaturated/α-hetero) is 1. The molecule has 2 heterocycles. The minimum absolute atomic E-state index is 0.0126. The first kappa shape index (κ1) is 42.3. The highest BCUT2D eigenvalue weighted by Gasteiger charge is 2.32. The molecule has 0 spiro atoms. The second-order valence-electron chi connectivity index (χ2n) is 16.0. The summed E-state index contributed by atoms with van der Waals surface area (Å²) in [5.74, 6) is 1.55. The maximum Gasteiger partial charge on any atom is 0.374 e. The molecule has 0 N–H and O–H groups in total. The normalized spacial score (nSPS) is 15.6. The molecule has 8 nitrogen and oxygen atoms in total. The van der Waals surface area contributed by atoms with Crippen LogP contribution in [0.4, 0.5) is 5.69 Å². The van der Waals surface area contributed by atoms with Gasteiger partial charge in [-0.2, -0.15) is 4.57 Å². The summed E-state index contributed by atoms with van der Waals surface area (Å²) < 4.78 is 20.8. The monoisotopic (exact) mass is 783 g/mol. The molecule has 0 saturated carbocycles. The van der Waals surface area contributed by atoms with E-state index in [9.17, 15) is 9.90 Å². The molecule has 1 aliphatic heterocycles. The first-order valence-corrected chi connectivity index (χ1v) is 21.9. The number of ether oxygens (including phenoxy) is 2. The zero-order chi connectivity index (χ0) is 40.9. The van der Waals surface area contributed by atoms with Crippen LogP contribution in [0.2, 0.25) is 0 Å². The molecular weight excluding hydrogens is 723 g/mol. The van der Waals surface area contributed by atoms with Crippen LogP contribution in [0.15, 0.2) is 99.7 Å². The lowest BCUT2D eigenvalue weighted by Crippen LogP contribution is -2.36. The fraction of sp³-hybridized carbons (Fsp3) is 0.460. The van der Waals surface area contributed by atoms with E-state index in [-0.39, 0.29) is 34.5 Å². The van der Waals surface area contributed by atoms with Gasteiger partial charge in [0.05, 0.1) is 29.8 Å². The average Bonchev–Trinajstić information content (AvgIpc) is 3.77. The molecular formula is C50H61N3O5. The third-order valence-electron chi connectivity index (χ3n) is 11.1. The molecule has 0 fully saturated rings. The Kier molecular flexibility index (Phi) is 15.3. The topological polar surface area (TPSA) is 83.2 Å². The van der Waals surface area contributed by atoms with E-state index in [4.69, 9.17) is 20.5 Å². The van der Waals surface area contributed by atoms with Gasteiger partial charge in [-0.15, -0.1) is 0 Å². The molecule has 0 bridgehead atoms. The highest BCUT2D eigenvalue weighted by molar-refractivity contribution is 6.22. The third kappa shape index (κ3) is 10.2. The second kappa shape index (κ2) is 20.9. The number of fused-ring (bicyclic) bond motifs is 4. The number of oxazole rings is 1. The van der Waals surface area contributed by atoms with Gasteiger partial charge in [-0.1, -0.05) is 139 Å². The summed E-state index contributed by atoms with van der Waals surface area (Å²) in [6, 6.07) is 18.0. The lowest BCUT2D eigenvalue weighted by molar-refractivity contribution is -0.677. The van der Waals surface area contributed by atoms with Crippen molar-refractivity contribution in [2.24, 2.45) is 0 Å². The molecule has 306 valence electrons. The van der Waals surface area contributed by atoms with Gasteiger partial charge in [-0.25, -0.2) is 4.85 Å². The second-order valence-corrected chi connectivity index (χ2v) is 16.0. The Labute approximate surface area is 345 Å². The van der Waals surface area contributed by atoms with E-state index in [1.54, 1.807) is 6.08 Å². The summed E-state index contributed by atoms with van der Waals surface area (Å²) in [6.45, 7) is 18.0. The van der Waals surface area contributed by atoms with Crippen molar-refractivity contribution in [3.8, 4) is 11.5 Å². The van der Waals surface area contributed by atoms with Crippen LogP contribution in [-0.4, -0.2) is 18.4 Å². The van der Waals surface area contributed by atoms with Crippen LogP contribution in [-0.2, 0) is 11.3 Å². The number of aryl methyl sites for hydroxylation is 1. The van der Waals surface area contributed by atoms with Crippen molar-refractivity contribution in [3.05, 3.63) is 113 Å². The first-order valence-electron chi connectivity index (χ1n) is 21.9. The summed E-state index contributed by atoms with van der Waals surface area (Å²) in [5, 5.41) is 15.8. The van der Waals surface area contributed by atoms with Crippen LogP contribution in [0.1, 0.15) is 136 Å². The van der Waals surface area contributed by atoms with E-state index in [1.165, 1.54) is 89.2 Å². The van der Waals surface area contributed by atoms with Gasteiger partial charge in [0.25, 0.3) is 5.52 Å². The Morgan fingerprint density at radius 2 is 1.55 bits per heavy atom. The average molecular weight is 784 g/mol. The number of carbonyl (C=O) groups excluding carboxylic acids is 1. The predicted molar refractivity (Wildman–Crippen MR) is 232 cm³/mol. The predicted octanol–water partition coefficient (Wildman–Crippen LogP) is 12.1. The molecule has 6 rings (SSSR count). The number of hydrogen-bond donors (Lipinski definition) is 0. The molecule has 0 amide bonds. The Bertz CT molecular complexity index is 2210. The Morgan fingerprint density at radius 1 is 0.879 bits per heavy atom. The minimum atomic E-state index is -0.360. The van der Waals surface area contributed by atoms with Crippen molar-refractivity contribution in [1.82, 2.24) is 0 Å². The fourth-order valence-corrected chi connectivity index (χ4v) is 7.99. The van der Waals surface area contributed by atoms with Crippen molar-refractivity contribution in [3.63, 3.8) is 0 Å². The third-order valence-corrected chi connectivity index (χ3v) is 11.1. The number of rotatable bonds is 23. The highest BCUT2D eigenvalue weighted by atomic mass is 16.5. The summed E-state index contributed by atoms with van der Waals surface area (Å²) >= 11 is 0. The Morgan fingerprint density at radius 3 is 2.22 bits per heavy atom. The van der Waals surface area contributed by atoms with Crippen LogP contribution >= 0.6 is 0 Å². The van der Waals surface area contributed by atoms with Crippen molar-refractivity contribution in [2.75, 3.05) is 11.4 Å². The summed E-state index contributed by atoms with van der Waals surface area (Å²) in [7, 11) is 0. The van der Waals surface area contributed by atoms with Crippen LogP contribution in [0, 0.1) is 6.57 Å². The molecule has 0 radical (unpaired) electrons. The molecule has 58 heavy (non-hydrogen) atoms. The molecule has 3 aromatic carbocycles. The standard InChI is InChI=1S/C50H61N3O5/c1-6-8-10-12-14-16-18-22-32-52-43-34-38(56-36(3)4)27-31-44(43)58-50(52)42(51-5)29-28-40-48(54)41(49(40)55)35-46-53(33-23-19-17-15-13-11-9-7-2)47-39-25-21-20-24-37(39)26-30-45(47)57-46/h20-21,24-31,34-36H,6-19,22-23,32-33H2,1-4H3. The minimum Gasteiger partial charge on any atom is -0.871 e. The van der Waals surface area contributed by atoms with Gasteiger partial charge in [0.15, 0.2) is 18.1 Å². The van der Waals surface area contributed by atoms with Gasteiger partial charge in [-0.05, 0) is 56.3 Å². The molecule has 0 atom stereocenters. The number of unbranched alkanes of at least 4 members (excludes halogenated alkanes) is 14. The highest BCUT2D eigenvalue weighted by Crippen LogP contribution is 2.43. The van der Waals surface area contributed by atoms with Crippen molar-refractivity contribution < 1.29 is 28.4 Å². The number of anilines is 1. The molecule has 1 aliphatic carbocycles. The van der Waals surface area contributed by atoms with Crippen molar-refractivity contribution in [2.45, 2.75) is 143 Å². The molecule has 0 saturated heterocycles. The summed E-state index contributed by atoms with van der Waals surface area (Å²) in [6.07, 6.45) is 23.7. The zero-order valence-corrected chi connectivity index (χ0v) is 35.1. The van der Waals surface area contributed by atoms with E-state index >= 15 is 0 Å². The van der Waals surface area contributed by atoms with E-state index in [0.29, 0.717) is 24.1 Å². The molecule has 1 aromatic heterocycles. The number of nitrogens with zero attached hydrogens (tertiary/aromatic N) is 3. The summed E-state index contributed by atoms with van der Waals surface area (Å²) in [5.41, 5.74) is 2.89. The number of ketones is 1. The van der Waals surface area contributed by atoms with Gasteiger partial charge in [0.2, 0.25) is 17.2 Å². The van der Waals surface area contributed by atoms with Gasteiger partial charge < -0.3 is 23.9 Å². The number of allylic oxidation sites excluding steroid dienone is 4. The van der Waals surface area contributed by atoms with Crippen LogP contribution in [0.3, 0.4) is 0 Å². The van der Waals surface area contributed by atoms with Crippen LogP contribution < -0.4 is 24.0 Å². The van der Waals surface area contributed by atoms with Gasteiger partial charge in [0.1, 0.15) is 5.75 Å². The van der Waals surface area contributed by atoms with Gasteiger partial charge in [-0.3, -0.25) is 4.79 Å². The maximum atomic E-state index is 13.6. The van der Waals surface area contributed by atoms with E-state index in [0.717, 1.165) is 65.5 Å². The number of carbonyl (C=O) groups is 1. The summed E-state index contributed by atoms with van der Waals surface area (Å²) in [4.78, 5) is 19.5. The van der Waals surface area contributed by atoms with Crippen molar-refractivity contribution in [1.29, 1.82) is 0 Å². The fourth-order valence-electron chi connectivity index (χ4n) is 7.99. The lowest BCUT2D eigenvalue weighted by atomic mass is 9.87. The van der Waals surface area contributed by atoms with Crippen LogP contribution in [0.5, 0.6) is 11.5 Å². The molecule has 4 aromatic rings. The van der Waals surface area contributed by atoms with E-state index < -0.39 is 0 Å². The zero-order valence-electron chi connectivity index (χ0n) is 35.1. The van der Waals surface area contributed by atoms with Crippen LogP contribution in [0.25, 0.3) is 32.8 Å². The smallest absolute Gasteiger partial charge is 0.374 e. The molecule has 8 heteroatoms. The van der Waals surface area contributed by atoms with E-state index in [2.05, 4.69) is 35.4 Å². The van der Waals surface area contributed by atoms with Crippen molar-refractivity contribution >= 4 is 39.4 Å². The molecule has 2 aliphatic rings. The van der Waals surface area contributed by atoms with Gasteiger partial charge in [0, 0.05) is 30.2 Å². The quantitative estimate of drug-likeness (QED) is 0.0322. The Hall–Kier alpha value is -5.29. The largest absolute Gasteiger partial charge is 0.871 e. The van der Waals surface area contributed by atoms with Gasteiger partial charge >= 0.3 is 5.89 Å². The number of hydrogen-bond acceptors (Lipinski definition) is 6. The number of benzene rings is 3. The maximum absolute atomic E-state index is 13.6. The SMILES string of the molecule is [C-]#[N+]C(C=CC1=C([O-])C(=Cc2oc3ccc4ccccc4c3[n+]2CCCCCCCCCC)C1=O)=C1Oc2ccc(OC(C)C)cc2N1CCCCCCCCCC. The molecule has 0 unspecified atom stereocenters. The number of aromatic nitrogens is 1.